The summed E-state index contributed by atoms with van der Waals surface area (Å²) < 4.78 is 0. The maximum atomic E-state index is 12.0. The lowest BCUT2D eigenvalue weighted by molar-refractivity contribution is -0.121. The Labute approximate surface area is 115 Å². The molecule has 1 saturated carbocycles. The van der Waals surface area contributed by atoms with E-state index < -0.39 is 5.60 Å². The zero-order valence-corrected chi connectivity index (χ0v) is 11.8. The third-order valence-corrected chi connectivity index (χ3v) is 4.00. The van der Waals surface area contributed by atoms with Crippen LogP contribution in [0.25, 0.3) is 0 Å². The van der Waals surface area contributed by atoms with E-state index in [2.05, 4.69) is 17.4 Å². The van der Waals surface area contributed by atoms with E-state index in [1.807, 2.05) is 19.9 Å². The van der Waals surface area contributed by atoms with Crippen LogP contribution in [0.4, 0.5) is 0 Å². The van der Waals surface area contributed by atoms with Crippen LogP contribution in [-0.2, 0) is 11.2 Å². The van der Waals surface area contributed by atoms with Gasteiger partial charge in [-0.25, -0.2) is 0 Å². The number of carbonyl (C=O) groups excluding carboxylic acids is 1. The van der Waals surface area contributed by atoms with E-state index in [1.54, 1.807) is 0 Å². The topological polar surface area (TPSA) is 49.3 Å². The molecule has 1 aromatic rings. The quantitative estimate of drug-likeness (QED) is 0.873. The molecule has 0 heterocycles. The highest BCUT2D eigenvalue weighted by Crippen LogP contribution is 2.28. The van der Waals surface area contributed by atoms with Crippen LogP contribution in [0.2, 0.25) is 0 Å². The lowest BCUT2D eigenvalue weighted by Gasteiger charge is -2.22. The zero-order chi connectivity index (χ0) is 13.9. The smallest absolute Gasteiger partial charge is 0.224 e. The molecule has 0 radical (unpaired) electrons. The van der Waals surface area contributed by atoms with Crippen LogP contribution in [-0.4, -0.2) is 23.2 Å². The van der Waals surface area contributed by atoms with Crippen molar-refractivity contribution in [1.82, 2.24) is 5.32 Å². The van der Waals surface area contributed by atoms with Crippen LogP contribution in [0.15, 0.2) is 18.2 Å². The normalized spacial score (nSPS) is 17.4. The highest BCUT2D eigenvalue weighted by molar-refractivity contribution is 5.79. The second-order valence-corrected chi connectivity index (χ2v) is 5.81. The molecular weight excluding hydrogens is 238 g/mol. The minimum absolute atomic E-state index is 0.00553. The number of hydrogen-bond acceptors (Lipinski definition) is 2. The minimum Gasteiger partial charge on any atom is -0.388 e. The fourth-order valence-corrected chi connectivity index (χ4v) is 2.70. The summed E-state index contributed by atoms with van der Waals surface area (Å²) >= 11 is 0. The second kappa shape index (κ2) is 5.74. The molecule has 0 aliphatic heterocycles. The first-order chi connectivity index (χ1) is 8.98. The average Bonchev–Trinajstić information content (AvgIpc) is 2.79. The first-order valence-corrected chi connectivity index (χ1v) is 7.04. The average molecular weight is 261 g/mol. The molecular formula is C16H23NO2. The fourth-order valence-electron chi connectivity index (χ4n) is 2.70. The van der Waals surface area contributed by atoms with Crippen LogP contribution in [0.1, 0.15) is 42.4 Å². The fraction of sp³-hybridized carbons (Fsp3) is 0.562. The maximum absolute atomic E-state index is 12.0. The molecule has 19 heavy (non-hydrogen) atoms. The Kier molecular flexibility index (Phi) is 4.25. The van der Waals surface area contributed by atoms with Gasteiger partial charge in [0, 0.05) is 6.54 Å². The summed E-state index contributed by atoms with van der Waals surface area (Å²) in [6.07, 6.45) is 4.11. The first-order valence-electron chi connectivity index (χ1n) is 7.04. The van der Waals surface area contributed by atoms with Gasteiger partial charge in [-0.15, -0.1) is 0 Å². The van der Waals surface area contributed by atoms with Crippen molar-refractivity contribution < 1.29 is 9.90 Å². The Balaban J connectivity index is 1.89. The van der Waals surface area contributed by atoms with E-state index in [9.17, 15) is 9.90 Å². The van der Waals surface area contributed by atoms with Gasteiger partial charge < -0.3 is 10.4 Å². The minimum atomic E-state index is -0.669. The predicted octanol–water partition coefficient (Wildman–Crippen LogP) is 2.27. The summed E-state index contributed by atoms with van der Waals surface area (Å²) in [5, 5.41) is 13.1. The van der Waals surface area contributed by atoms with Crippen LogP contribution in [0, 0.1) is 13.8 Å². The van der Waals surface area contributed by atoms with E-state index in [0.717, 1.165) is 36.8 Å². The van der Waals surface area contributed by atoms with Crippen LogP contribution in [0.5, 0.6) is 0 Å². The predicted molar refractivity (Wildman–Crippen MR) is 76.0 cm³/mol. The highest BCUT2D eigenvalue weighted by Gasteiger charge is 2.31. The summed E-state index contributed by atoms with van der Waals surface area (Å²) in [5.74, 6) is -0.00553. The van der Waals surface area contributed by atoms with Gasteiger partial charge >= 0.3 is 0 Å². The van der Waals surface area contributed by atoms with Crippen molar-refractivity contribution in [1.29, 1.82) is 0 Å². The van der Waals surface area contributed by atoms with Gasteiger partial charge in [0.05, 0.1) is 12.0 Å². The Morgan fingerprint density at radius 1 is 1.32 bits per heavy atom. The Morgan fingerprint density at radius 2 is 2.00 bits per heavy atom. The maximum Gasteiger partial charge on any atom is 0.224 e. The largest absolute Gasteiger partial charge is 0.388 e. The number of rotatable bonds is 4. The monoisotopic (exact) mass is 261 g/mol. The number of nitrogens with one attached hydrogen (secondary N) is 1. The number of amides is 1. The van der Waals surface area contributed by atoms with Crippen molar-refractivity contribution in [2.45, 2.75) is 51.6 Å². The molecule has 104 valence electrons. The standard InChI is InChI=1S/C16H23NO2/c1-12-5-6-13(2)14(9-12)10-15(18)17-11-16(19)7-3-4-8-16/h5-6,9,19H,3-4,7-8,10-11H2,1-2H3,(H,17,18). The van der Waals surface area contributed by atoms with Gasteiger partial charge in [-0.1, -0.05) is 36.6 Å². The van der Waals surface area contributed by atoms with Gasteiger partial charge in [-0.2, -0.15) is 0 Å². The molecule has 0 spiro atoms. The second-order valence-electron chi connectivity index (χ2n) is 5.81. The van der Waals surface area contributed by atoms with E-state index in [4.69, 9.17) is 0 Å². The van der Waals surface area contributed by atoms with Crippen molar-refractivity contribution in [3.8, 4) is 0 Å². The van der Waals surface area contributed by atoms with Crippen molar-refractivity contribution in [2.75, 3.05) is 6.54 Å². The van der Waals surface area contributed by atoms with Crippen molar-refractivity contribution in [2.24, 2.45) is 0 Å². The van der Waals surface area contributed by atoms with E-state index >= 15 is 0 Å². The van der Waals surface area contributed by atoms with E-state index in [0.29, 0.717) is 13.0 Å². The number of benzene rings is 1. The molecule has 3 nitrogen and oxygen atoms in total. The van der Waals surface area contributed by atoms with Gasteiger partial charge in [0.25, 0.3) is 0 Å². The Morgan fingerprint density at radius 3 is 2.68 bits per heavy atom. The lowest BCUT2D eigenvalue weighted by atomic mass is 10.0. The molecule has 0 atom stereocenters. The number of carbonyl (C=O) groups is 1. The SMILES string of the molecule is Cc1ccc(C)c(CC(=O)NCC2(O)CCCC2)c1. The van der Waals surface area contributed by atoms with Gasteiger partial charge in [-0.05, 0) is 37.8 Å². The zero-order valence-electron chi connectivity index (χ0n) is 11.8. The van der Waals surface area contributed by atoms with Gasteiger partial charge in [-0.3, -0.25) is 4.79 Å². The molecule has 1 fully saturated rings. The van der Waals surface area contributed by atoms with Gasteiger partial charge in [0.2, 0.25) is 5.91 Å². The molecule has 1 aliphatic carbocycles. The first kappa shape index (κ1) is 14.1. The molecule has 0 saturated heterocycles. The number of aryl methyl sites for hydroxylation is 2. The van der Waals surface area contributed by atoms with Crippen LogP contribution in [0.3, 0.4) is 0 Å². The molecule has 0 unspecified atom stereocenters. The molecule has 3 heteroatoms. The summed E-state index contributed by atoms with van der Waals surface area (Å²) in [7, 11) is 0. The van der Waals surface area contributed by atoms with Crippen LogP contribution >= 0.6 is 0 Å². The molecule has 1 aliphatic rings. The molecule has 2 N–H and O–H groups in total. The number of hydrogen-bond donors (Lipinski definition) is 2. The molecule has 1 aromatic carbocycles. The van der Waals surface area contributed by atoms with Crippen LogP contribution < -0.4 is 5.32 Å². The van der Waals surface area contributed by atoms with Crippen molar-refractivity contribution in [3.63, 3.8) is 0 Å². The van der Waals surface area contributed by atoms with Gasteiger partial charge in [0.1, 0.15) is 0 Å². The summed E-state index contributed by atoms with van der Waals surface area (Å²) in [5.41, 5.74) is 2.70. The Bertz CT molecular complexity index is 462. The highest BCUT2D eigenvalue weighted by atomic mass is 16.3. The van der Waals surface area contributed by atoms with Crippen molar-refractivity contribution in [3.05, 3.63) is 34.9 Å². The molecule has 2 rings (SSSR count). The third-order valence-electron chi connectivity index (χ3n) is 4.00. The van der Waals surface area contributed by atoms with E-state index in [-0.39, 0.29) is 5.91 Å². The number of aliphatic hydroxyl groups is 1. The van der Waals surface area contributed by atoms with Gasteiger partial charge in [0.15, 0.2) is 0 Å². The molecule has 0 aromatic heterocycles. The summed E-state index contributed by atoms with van der Waals surface area (Å²) in [6.45, 7) is 4.44. The molecule has 0 bridgehead atoms. The third kappa shape index (κ3) is 3.80. The van der Waals surface area contributed by atoms with Crippen molar-refractivity contribution >= 4 is 5.91 Å². The Hall–Kier alpha value is -1.35. The van der Waals surface area contributed by atoms with E-state index in [1.165, 1.54) is 5.56 Å². The lowest BCUT2D eigenvalue weighted by Crippen LogP contribution is -2.41. The summed E-state index contributed by atoms with van der Waals surface area (Å²) in [6, 6.07) is 6.15. The molecule has 1 amide bonds. The summed E-state index contributed by atoms with van der Waals surface area (Å²) in [4.78, 5) is 12.0.